The van der Waals surface area contributed by atoms with E-state index < -0.39 is 10.3 Å². The summed E-state index contributed by atoms with van der Waals surface area (Å²) in [6.45, 7) is 2.43. The Labute approximate surface area is 77.5 Å². The molecule has 0 aromatic carbocycles. The average Bonchev–Trinajstić information content (AvgIpc) is 2.05. The molecule has 1 heterocycles. The highest BCUT2D eigenvalue weighted by molar-refractivity contribution is 7.84. The Morgan fingerprint density at radius 3 is 3.15 bits per heavy atom. The molecule has 0 aromatic rings. The van der Waals surface area contributed by atoms with Gasteiger partial charge in [0.05, 0.1) is 0 Å². The largest absolute Gasteiger partial charge is 0.382 e. The second kappa shape index (κ2) is 2.85. The maximum Gasteiger partial charge on any atom is 0.382 e. The van der Waals surface area contributed by atoms with Crippen LogP contribution in [-0.2, 0) is 14.5 Å². The topological polar surface area (TPSA) is 55.4 Å². The van der Waals surface area contributed by atoms with E-state index in [-0.39, 0.29) is 0 Å². The first-order valence-corrected chi connectivity index (χ1v) is 5.58. The van der Waals surface area contributed by atoms with Crippen LogP contribution in [0.5, 0.6) is 0 Å². The van der Waals surface area contributed by atoms with E-state index in [1.54, 1.807) is 0 Å². The first kappa shape index (κ1) is 8.77. The Morgan fingerprint density at radius 1 is 1.62 bits per heavy atom. The highest BCUT2D eigenvalue weighted by Crippen LogP contribution is 2.26. The lowest BCUT2D eigenvalue weighted by Gasteiger charge is -2.24. The molecule has 0 bridgehead atoms. The molecule has 0 saturated carbocycles. The Balaban J connectivity index is 2.29. The van der Waals surface area contributed by atoms with Gasteiger partial charge in [0.2, 0.25) is 0 Å². The molecule has 1 aliphatic heterocycles. The lowest BCUT2D eigenvalue weighted by molar-refractivity contribution is 0.380. The minimum Gasteiger partial charge on any atom is -0.371 e. The van der Waals surface area contributed by atoms with Crippen LogP contribution >= 0.6 is 0 Å². The van der Waals surface area contributed by atoms with Crippen molar-refractivity contribution in [2.24, 2.45) is 5.92 Å². The van der Waals surface area contributed by atoms with Crippen LogP contribution in [0.2, 0.25) is 0 Å². The number of nitrogens with one attached hydrogen (secondary N) is 1. The number of fused-ring (bicyclic) bond motifs is 1. The van der Waals surface area contributed by atoms with Crippen molar-refractivity contribution in [2.45, 2.75) is 13.3 Å². The molecule has 1 atom stereocenters. The first-order chi connectivity index (χ1) is 6.07. The van der Waals surface area contributed by atoms with Crippen LogP contribution in [0.15, 0.2) is 23.5 Å². The summed E-state index contributed by atoms with van der Waals surface area (Å²) in [6.07, 6.45) is 4.71. The van der Waals surface area contributed by atoms with E-state index in [4.69, 9.17) is 4.18 Å². The number of allylic oxidation sites excluding steroid dienone is 2. The predicted octanol–water partition coefficient (Wildman–Crippen LogP) is 0.701. The van der Waals surface area contributed by atoms with E-state index in [2.05, 4.69) is 11.6 Å². The van der Waals surface area contributed by atoms with Gasteiger partial charge in [-0.2, -0.15) is 13.1 Å². The summed E-state index contributed by atoms with van der Waals surface area (Å²) >= 11 is 0. The second-order valence-electron chi connectivity index (χ2n) is 3.33. The van der Waals surface area contributed by atoms with Crippen LogP contribution in [0.3, 0.4) is 0 Å². The molecule has 5 heteroatoms. The van der Waals surface area contributed by atoms with Crippen molar-refractivity contribution < 1.29 is 12.6 Å². The second-order valence-corrected chi connectivity index (χ2v) is 4.70. The molecular formula is C8H11NO3S. The van der Waals surface area contributed by atoms with Crippen molar-refractivity contribution in [3.8, 4) is 0 Å². The zero-order valence-corrected chi connectivity index (χ0v) is 8.10. The van der Waals surface area contributed by atoms with Crippen molar-refractivity contribution >= 4 is 10.3 Å². The van der Waals surface area contributed by atoms with Crippen LogP contribution < -0.4 is 4.72 Å². The van der Waals surface area contributed by atoms with Crippen LogP contribution in [0.25, 0.3) is 0 Å². The fourth-order valence-electron chi connectivity index (χ4n) is 1.47. The monoisotopic (exact) mass is 201 g/mol. The van der Waals surface area contributed by atoms with Gasteiger partial charge in [-0.25, -0.2) is 0 Å². The Hall–Kier alpha value is -0.810. The average molecular weight is 201 g/mol. The Bertz CT molecular complexity index is 380. The van der Waals surface area contributed by atoms with Crippen molar-refractivity contribution in [2.75, 3.05) is 6.54 Å². The number of rotatable bonds is 0. The zero-order chi connectivity index (χ0) is 9.47. The van der Waals surface area contributed by atoms with Crippen molar-refractivity contribution in [1.82, 2.24) is 4.72 Å². The van der Waals surface area contributed by atoms with Gasteiger partial charge < -0.3 is 4.18 Å². The van der Waals surface area contributed by atoms with E-state index in [9.17, 15) is 8.42 Å². The number of hydrogen-bond donors (Lipinski definition) is 1. The maximum absolute atomic E-state index is 11.0. The van der Waals surface area contributed by atoms with Crippen LogP contribution in [-0.4, -0.2) is 15.0 Å². The lowest BCUT2D eigenvalue weighted by Crippen LogP contribution is -2.34. The minimum atomic E-state index is -3.53. The molecule has 1 unspecified atom stereocenters. The molecule has 0 amide bonds. The van der Waals surface area contributed by atoms with Gasteiger partial charge in [-0.1, -0.05) is 13.0 Å². The fraction of sp³-hybridized carbons (Fsp3) is 0.500. The van der Waals surface area contributed by atoms with Crippen molar-refractivity contribution in [3.63, 3.8) is 0 Å². The molecular weight excluding hydrogens is 190 g/mol. The van der Waals surface area contributed by atoms with E-state index >= 15 is 0 Å². The van der Waals surface area contributed by atoms with Gasteiger partial charge in [0, 0.05) is 12.1 Å². The van der Waals surface area contributed by atoms with E-state index in [1.165, 1.54) is 0 Å². The summed E-state index contributed by atoms with van der Waals surface area (Å²) in [4.78, 5) is 0. The SMILES string of the molecule is CC1C=C2CNS(=O)(=O)OC2=CC1. The quantitative estimate of drug-likeness (QED) is 0.627. The molecule has 13 heavy (non-hydrogen) atoms. The molecule has 2 aliphatic rings. The Kier molecular flexibility index (Phi) is 1.92. The van der Waals surface area contributed by atoms with Gasteiger partial charge in [-0.15, -0.1) is 0 Å². The molecule has 1 fully saturated rings. The van der Waals surface area contributed by atoms with Gasteiger partial charge in [0.1, 0.15) is 5.76 Å². The highest BCUT2D eigenvalue weighted by atomic mass is 32.2. The first-order valence-electron chi connectivity index (χ1n) is 4.17. The van der Waals surface area contributed by atoms with E-state index in [0.29, 0.717) is 18.2 Å². The summed E-state index contributed by atoms with van der Waals surface area (Å²) in [6, 6.07) is 0. The third-order valence-electron chi connectivity index (χ3n) is 2.12. The number of hydrogen-bond acceptors (Lipinski definition) is 3. The minimum absolute atomic E-state index is 0.346. The molecule has 1 saturated heterocycles. The molecule has 4 nitrogen and oxygen atoms in total. The molecule has 72 valence electrons. The van der Waals surface area contributed by atoms with Crippen molar-refractivity contribution in [3.05, 3.63) is 23.5 Å². The fourth-order valence-corrected chi connectivity index (χ4v) is 2.27. The van der Waals surface area contributed by atoms with Gasteiger partial charge in [0.15, 0.2) is 0 Å². The third-order valence-corrected chi connectivity index (χ3v) is 3.01. The van der Waals surface area contributed by atoms with Gasteiger partial charge >= 0.3 is 10.3 Å². The summed E-state index contributed by atoms with van der Waals surface area (Å²) in [7, 11) is -3.53. The van der Waals surface area contributed by atoms with Gasteiger partial charge in [0.25, 0.3) is 0 Å². The Morgan fingerprint density at radius 2 is 2.38 bits per heavy atom. The standard InChI is InChI=1S/C8H11NO3S/c1-6-2-3-8-7(4-6)5-9-13(10,11)12-8/h3-4,6,9H,2,5H2,1H3. The molecule has 0 aromatic heterocycles. The zero-order valence-electron chi connectivity index (χ0n) is 7.28. The normalized spacial score (nSPS) is 31.0. The summed E-state index contributed by atoms with van der Waals surface area (Å²) in [5.41, 5.74) is 0.938. The van der Waals surface area contributed by atoms with Crippen LogP contribution in [0.4, 0.5) is 0 Å². The maximum atomic E-state index is 11.0. The molecule has 2 rings (SSSR count). The van der Waals surface area contributed by atoms with Crippen molar-refractivity contribution in [1.29, 1.82) is 0 Å². The molecule has 0 radical (unpaired) electrons. The van der Waals surface area contributed by atoms with Gasteiger partial charge in [-0.3, -0.25) is 0 Å². The molecule has 1 N–H and O–H groups in total. The summed E-state index contributed by atoms with van der Waals surface area (Å²) in [5, 5.41) is 0. The predicted molar refractivity (Wildman–Crippen MR) is 48.0 cm³/mol. The summed E-state index contributed by atoms with van der Waals surface area (Å²) < 4.78 is 29.1. The van der Waals surface area contributed by atoms with Gasteiger partial charge in [-0.05, 0) is 18.4 Å². The highest BCUT2D eigenvalue weighted by Gasteiger charge is 2.26. The molecule has 1 aliphatic carbocycles. The van der Waals surface area contributed by atoms with Crippen LogP contribution in [0, 0.1) is 5.92 Å². The van der Waals surface area contributed by atoms with Crippen LogP contribution in [0.1, 0.15) is 13.3 Å². The summed E-state index contributed by atoms with van der Waals surface area (Å²) in [5.74, 6) is 0.960. The smallest absolute Gasteiger partial charge is 0.371 e. The lowest BCUT2D eigenvalue weighted by atomic mass is 9.97. The van der Waals surface area contributed by atoms with E-state index in [0.717, 1.165) is 12.0 Å². The van der Waals surface area contributed by atoms with E-state index in [1.807, 2.05) is 12.2 Å². The molecule has 0 spiro atoms. The third kappa shape index (κ3) is 1.76.